The SMILES string of the molecule is CCCN1Cc2cc(Oc3cccc(CN)c3)ccc2N=C1NC(=O)OC(C)(C)C. The second kappa shape index (κ2) is 9.17. The van der Waals surface area contributed by atoms with Crippen LogP contribution in [0.3, 0.4) is 0 Å². The molecule has 1 heterocycles. The molecule has 0 aliphatic carbocycles. The van der Waals surface area contributed by atoms with Crippen LogP contribution in [0.2, 0.25) is 0 Å². The Morgan fingerprint density at radius 2 is 1.97 bits per heavy atom. The van der Waals surface area contributed by atoms with E-state index in [1.807, 2.05) is 68.1 Å². The molecule has 2 aromatic carbocycles. The van der Waals surface area contributed by atoms with Crippen molar-refractivity contribution in [1.29, 1.82) is 0 Å². The number of guanidine groups is 1. The third-order valence-electron chi connectivity index (χ3n) is 4.41. The van der Waals surface area contributed by atoms with Crippen molar-refractivity contribution >= 4 is 17.7 Å². The Kier molecular flexibility index (Phi) is 6.62. The number of nitrogens with zero attached hydrogens (tertiary/aromatic N) is 2. The van der Waals surface area contributed by atoms with Crippen LogP contribution in [0.25, 0.3) is 0 Å². The lowest BCUT2D eigenvalue weighted by Gasteiger charge is -2.31. The molecule has 0 saturated carbocycles. The van der Waals surface area contributed by atoms with Gasteiger partial charge in [0.2, 0.25) is 5.96 Å². The number of alkyl carbamates (subject to hydrolysis) is 1. The molecule has 3 rings (SSSR count). The van der Waals surface area contributed by atoms with Gasteiger partial charge in [0.1, 0.15) is 17.1 Å². The van der Waals surface area contributed by atoms with Gasteiger partial charge >= 0.3 is 6.09 Å². The van der Waals surface area contributed by atoms with E-state index < -0.39 is 11.7 Å². The van der Waals surface area contributed by atoms with Crippen molar-refractivity contribution in [1.82, 2.24) is 10.2 Å². The molecule has 0 radical (unpaired) electrons. The number of benzene rings is 2. The highest BCUT2D eigenvalue weighted by atomic mass is 16.6. The van der Waals surface area contributed by atoms with Crippen LogP contribution in [0.15, 0.2) is 47.5 Å². The van der Waals surface area contributed by atoms with E-state index in [4.69, 9.17) is 15.2 Å². The van der Waals surface area contributed by atoms with Gasteiger partial charge in [0.15, 0.2) is 0 Å². The van der Waals surface area contributed by atoms with Crippen molar-refractivity contribution in [2.75, 3.05) is 6.54 Å². The molecule has 160 valence electrons. The van der Waals surface area contributed by atoms with Gasteiger partial charge in [-0.15, -0.1) is 0 Å². The molecule has 1 aliphatic heterocycles. The number of rotatable bonds is 5. The molecule has 0 unspecified atom stereocenters. The average molecular weight is 411 g/mol. The molecule has 0 aromatic heterocycles. The van der Waals surface area contributed by atoms with E-state index in [0.29, 0.717) is 19.0 Å². The predicted octanol–water partition coefficient (Wildman–Crippen LogP) is 4.68. The zero-order valence-electron chi connectivity index (χ0n) is 18.1. The lowest BCUT2D eigenvalue weighted by molar-refractivity contribution is 0.0555. The summed E-state index contributed by atoms with van der Waals surface area (Å²) in [5, 5.41) is 2.79. The van der Waals surface area contributed by atoms with Crippen molar-refractivity contribution in [2.24, 2.45) is 10.7 Å². The van der Waals surface area contributed by atoms with E-state index in [2.05, 4.69) is 17.2 Å². The highest BCUT2D eigenvalue weighted by Crippen LogP contribution is 2.32. The monoisotopic (exact) mass is 410 g/mol. The van der Waals surface area contributed by atoms with Gasteiger partial charge in [0, 0.05) is 25.2 Å². The number of hydrogen-bond acceptors (Lipinski definition) is 6. The summed E-state index contributed by atoms with van der Waals surface area (Å²) in [7, 11) is 0. The van der Waals surface area contributed by atoms with Crippen LogP contribution in [0.4, 0.5) is 10.5 Å². The normalized spacial score (nSPS) is 13.4. The number of carbonyl (C=O) groups is 1. The number of aliphatic imine (C=N–C) groups is 1. The summed E-state index contributed by atoms with van der Waals surface area (Å²) >= 11 is 0. The highest BCUT2D eigenvalue weighted by Gasteiger charge is 2.24. The summed E-state index contributed by atoms with van der Waals surface area (Å²) in [6, 6.07) is 13.5. The van der Waals surface area contributed by atoms with E-state index in [9.17, 15) is 4.79 Å². The molecule has 30 heavy (non-hydrogen) atoms. The quantitative estimate of drug-likeness (QED) is 0.747. The maximum atomic E-state index is 12.2. The molecule has 2 aromatic rings. The lowest BCUT2D eigenvalue weighted by Crippen LogP contribution is -2.47. The van der Waals surface area contributed by atoms with E-state index >= 15 is 0 Å². The van der Waals surface area contributed by atoms with Crippen LogP contribution in [0.1, 0.15) is 45.2 Å². The first-order valence-electron chi connectivity index (χ1n) is 10.2. The summed E-state index contributed by atoms with van der Waals surface area (Å²) in [5.74, 6) is 1.98. The van der Waals surface area contributed by atoms with Crippen molar-refractivity contribution in [3.05, 3.63) is 53.6 Å². The zero-order chi connectivity index (χ0) is 21.7. The molecule has 1 amide bonds. The third-order valence-corrected chi connectivity index (χ3v) is 4.41. The van der Waals surface area contributed by atoms with Gasteiger partial charge in [0.25, 0.3) is 0 Å². The maximum absolute atomic E-state index is 12.2. The molecule has 3 N–H and O–H groups in total. The van der Waals surface area contributed by atoms with Crippen molar-refractivity contribution < 1.29 is 14.3 Å². The van der Waals surface area contributed by atoms with Crippen LogP contribution >= 0.6 is 0 Å². The average Bonchev–Trinajstić information content (AvgIpc) is 2.67. The molecule has 0 atom stereocenters. The fourth-order valence-corrected chi connectivity index (χ4v) is 3.16. The fraction of sp³-hybridized carbons (Fsp3) is 0.391. The van der Waals surface area contributed by atoms with E-state index in [0.717, 1.165) is 41.3 Å². The van der Waals surface area contributed by atoms with Gasteiger partial charge in [-0.3, -0.25) is 5.32 Å². The molecule has 0 bridgehead atoms. The third kappa shape index (κ3) is 5.73. The van der Waals surface area contributed by atoms with E-state index in [1.165, 1.54) is 0 Å². The highest BCUT2D eigenvalue weighted by molar-refractivity contribution is 5.96. The first-order chi connectivity index (χ1) is 14.3. The lowest BCUT2D eigenvalue weighted by atomic mass is 10.1. The Balaban J connectivity index is 1.80. The molecular formula is C23H30N4O3. The minimum atomic E-state index is -0.569. The zero-order valence-corrected chi connectivity index (χ0v) is 18.1. The minimum absolute atomic E-state index is 0.468. The van der Waals surface area contributed by atoms with Crippen LogP contribution in [0, 0.1) is 0 Å². The standard InChI is InChI=1S/C23H30N4O3/c1-5-11-27-15-17-13-19(29-18-8-6-7-16(12-18)14-24)9-10-20(17)25-21(27)26-22(28)30-23(2,3)4/h6-10,12-13H,5,11,14-15,24H2,1-4H3,(H,25,26,28). The van der Waals surface area contributed by atoms with E-state index in [1.54, 1.807) is 0 Å². The Hall–Kier alpha value is -3.06. The van der Waals surface area contributed by atoms with Gasteiger partial charge in [-0.1, -0.05) is 19.1 Å². The van der Waals surface area contributed by atoms with Gasteiger partial charge in [-0.25, -0.2) is 9.79 Å². The molecule has 0 spiro atoms. The first-order valence-corrected chi connectivity index (χ1v) is 10.2. The summed E-state index contributed by atoms with van der Waals surface area (Å²) in [5.41, 5.74) is 8.00. The second-order valence-electron chi connectivity index (χ2n) is 8.23. The topological polar surface area (TPSA) is 89.2 Å². The Labute approximate surface area is 177 Å². The summed E-state index contributed by atoms with van der Waals surface area (Å²) in [6.07, 6.45) is 0.414. The maximum Gasteiger partial charge on any atom is 0.414 e. The molecule has 7 nitrogen and oxygen atoms in total. The van der Waals surface area contributed by atoms with Gasteiger partial charge < -0.3 is 20.1 Å². The minimum Gasteiger partial charge on any atom is -0.457 e. The number of hydrogen-bond donors (Lipinski definition) is 2. The second-order valence-corrected chi connectivity index (χ2v) is 8.23. The predicted molar refractivity (Wildman–Crippen MR) is 118 cm³/mol. The van der Waals surface area contributed by atoms with Gasteiger partial charge in [0.05, 0.1) is 5.69 Å². The number of amides is 1. The number of carbonyl (C=O) groups excluding carboxylic acids is 1. The number of nitrogens with one attached hydrogen (secondary N) is 1. The first kappa shape index (κ1) is 21.6. The smallest absolute Gasteiger partial charge is 0.414 e. The number of fused-ring (bicyclic) bond motifs is 1. The van der Waals surface area contributed by atoms with Crippen LogP contribution < -0.4 is 15.8 Å². The van der Waals surface area contributed by atoms with Crippen molar-refractivity contribution in [2.45, 2.75) is 52.8 Å². The Morgan fingerprint density at radius 3 is 2.67 bits per heavy atom. The summed E-state index contributed by atoms with van der Waals surface area (Å²) in [4.78, 5) is 18.9. The fourth-order valence-electron chi connectivity index (χ4n) is 3.16. The van der Waals surface area contributed by atoms with Crippen molar-refractivity contribution in [3.63, 3.8) is 0 Å². The van der Waals surface area contributed by atoms with Gasteiger partial charge in [-0.05, 0) is 63.1 Å². The molecule has 1 aliphatic rings. The Morgan fingerprint density at radius 1 is 1.20 bits per heavy atom. The molecule has 0 saturated heterocycles. The summed E-state index contributed by atoms with van der Waals surface area (Å²) in [6.45, 7) is 9.44. The van der Waals surface area contributed by atoms with Crippen molar-refractivity contribution in [3.8, 4) is 11.5 Å². The number of ether oxygens (including phenoxy) is 2. The van der Waals surface area contributed by atoms with E-state index in [-0.39, 0.29) is 0 Å². The largest absolute Gasteiger partial charge is 0.457 e. The molecule has 7 heteroatoms. The van der Waals surface area contributed by atoms with Crippen LogP contribution in [-0.2, 0) is 17.8 Å². The van der Waals surface area contributed by atoms with Crippen LogP contribution in [-0.4, -0.2) is 29.1 Å². The van der Waals surface area contributed by atoms with Gasteiger partial charge in [-0.2, -0.15) is 0 Å². The number of nitrogens with two attached hydrogens (primary N) is 1. The van der Waals surface area contributed by atoms with Crippen LogP contribution in [0.5, 0.6) is 11.5 Å². The molecule has 0 fully saturated rings. The summed E-state index contributed by atoms with van der Waals surface area (Å²) < 4.78 is 11.4. The Bertz CT molecular complexity index is 934. The molecular weight excluding hydrogens is 380 g/mol.